The first kappa shape index (κ1) is 19.6. The van der Waals surface area contributed by atoms with Gasteiger partial charge in [-0.05, 0) is 24.5 Å². The summed E-state index contributed by atoms with van der Waals surface area (Å²) in [4.78, 5) is 28.5. The number of nitrogens with zero attached hydrogens (tertiary/aromatic N) is 2. The largest absolute Gasteiger partial charge is 0.497 e. The molecule has 2 fully saturated rings. The van der Waals surface area contributed by atoms with E-state index in [0.29, 0.717) is 44.3 Å². The summed E-state index contributed by atoms with van der Waals surface area (Å²) < 4.78 is 19.1. The number of hydrogen-bond donors (Lipinski definition) is 0. The van der Waals surface area contributed by atoms with Crippen LogP contribution in [0.25, 0.3) is 0 Å². The molecule has 1 aliphatic heterocycles. The third-order valence-electron chi connectivity index (χ3n) is 5.82. The van der Waals surface area contributed by atoms with Gasteiger partial charge in [0.2, 0.25) is 5.91 Å². The molecule has 0 aromatic heterocycles. The van der Waals surface area contributed by atoms with E-state index in [1.165, 1.54) is 51.3 Å². The fourth-order valence-electron chi connectivity index (χ4n) is 4.09. The Morgan fingerprint density at radius 3 is 2.37 bits per heavy atom. The fourth-order valence-corrected chi connectivity index (χ4v) is 4.09. The second kappa shape index (κ2) is 9.20. The molecule has 148 valence electrons. The number of halogens is 1. The molecule has 2 amide bonds. The molecule has 1 aliphatic carbocycles. The minimum Gasteiger partial charge on any atom is -0.497 e. The van der Waals surface area contributed by atoms with E-state index in [2.05, 4.69) is 0 Å². The second-order valence-corrected chi connectivity index (χ2v) is 7.56. The van der Waals surface area contributed by atoms with Gasteiger partial charge in [0, 0.05) is 38.7 Å². The zero-order valence-electron chi connectivity index (χ0n) is 16.1. The fraction of sp³-hybridized carbons (Fsp3) is 0.619. The highest BCUT2D eigenvalue weighted by Crippen LogP contribution is 2.27. The molecule has 1 saturated carbocycles. The van der Waals surface area contributed by atoms with Crippen LogP contribution in [0.2, 0.25) is 0 Å². The van der Waals surface area contributed by atoms with Gasteiger partial charge in [0.15, 0.2) is 0 Å². The van der Waals surface area contributed by atoms with Gasteiger partial charge in [-0.3, -0.25) is 9.59 Å². The second-order valence-electron chi connectivity index (χ2n) is 7.56. The van der Waals surface area contributed by atoms with Crippen LogP contribution in [0.4, 0.5) is 4.39 Å². The van der Waals surface area contributed by atoms with E-state index in [4.69, 9.17) is 4.74 Å². The highest BCUT2D eigenvalue weighted by atomic mass is 19.1. The lowest BCUT2D eigenvalue weighted by atomic mass is 9.86. The minimum atomic E-state index is -0.578. The lowest BCUT2D eigenvalue weighted by molar-refractivity contribution is -0.133. The Labute approximate surface area is 160 Å². The molecule has 27 heavy (non-hydrogen) atoms. The van der Waals surface area contributed by atoms with Gasteiger partial charge in [0.25, 0.3) is 5.91 Å². The molecule has 1 saturated heterocycles. The van der Waals surface area contributed by atoms with Crippen molar-refractivity contribution in [1.29, 1.82) is 0 Å². The van der Waals surface area contributed by atoms with Crippen molar-refractivity contribution >= 4 is 11.8 Å². The van der Waals surface area contributed by atoms with Gasteiger partial charge in [-0.2, -0.15) is 0 Å². The number of piperazine rings is 1. The molecule has 5 nitrogen and oxygen atoms in total. The highest BCUT2D eigenvalue weighted by molar-refractivity contribution is 5.94. The topological polar surface area (TPSA) is 49.9 Å². The van der Waals surface area contributed by atoms with Gasteiger partial charge < -0.3 is 14.5 Å². The monoisotopic (exact) mass is 376 g/mol. The van der Waals surface area contributed by atoms with Gasteiger partial charge in [-0.25, -0.2) is 4.39 Å². The molecule has 0 N–H and O–H groups in total. The van der Waals surface area contributed by atoms with Crippen molar-refractivity contribution in [3.05, 3.63) is 29.6 Å². The van der Waals surface area contributed by atoms with Crippen molar-refractivity contribution in [2.45, 2.75) is 44.9 Å². The number of methoxy groups -OCH3 is 1. The summed E-state index contributed by atoms with van der Waals surface area (Å²) in [6, 6.07) is 4.26. The summed E-state index contributed by atoms with van der Waals surface area (Å²) in [5, 5.41) is 0. The molecule has 0 radical (unpaired) electrons. The molecule has 2 aliphatic rings. The SMILES string of the molecule is COc1ccc(C(=O)N2CCN(C(=O)CCC3CCCCC3)CC2)c(F)c1. The van der Waals surface area contributed by atoms with Crippen molar-refractivity contribution in [2.24, 2.45) is 5.92 Å². The van der Waals surface area contributed by atoms with E-state index >= 15 is 0 Å². The van der Waals surface area contributed by atoms with Crippen LogP contribution in [0.1, 0.15) is 55.3 Å². The highest BCUT2D eigenvalue weighted by Gasteiger charge is 2.26. The normalized spacial score (nSPS) is 18.4. The third kappa shape index (κ3) is 4.99. The Balaban J connectivity index is 1.47. The molecule has 0 bridgehead atoms. The van der Waals surface area contributed by atoms with Crippen LogP contribution in [0.3, 0.4) is 0 Å². The quantitative estimate of drug-likeness (QED) is 0.791. The van der Waals surface area contributed by atoms with Gasteiger partial charge in [0.05, 0.1) is 12.7 Å². The van der Waals surface area contributed by atoms with Crippen LogP contribution < -0.4 is 4.74 Å². The third-order valence-corrected chi connectivity index (χ3v) is 5.82. The lowest BCUT2D eigenvalue weighted by Gasteiger charge is -2.35. The molecular formula is C21H29FN2O3. The zero-order valence-corrected chi connectivity index (χ0v) is 16.1. The van der Waals surface area contributed by atoms with Gasteiger partial charge in [0.1, 0.15) is 11.6 Å². The van der Waals surface area contributed by atoms with Crippen LogP contribution in [-0.4, -0.2) is 54.9 Å². The first-order valence-electron chi connectivity index (χ1n) is 9.99. The van der Waals surface area contributed by atoms with Crippen LogP contribution in [0, 0.1) is 11.7 Å². The lowest BCUT2D eigenvalue weighted by Crippen LogP contribution is -2.50. The molecule has 6 heteroatoms. The van der Waals surface area contributed by atoms with E-state index in [1.54, 1.807) is 11.0 Å². The number of carbonyl (C=O) groups excluding carboxylic acids is 2. The van der Waals surface area contributed by atoms with Crippen LogP contribution >= 0.6 is 0 Å². The van der Waals surface area contributed by atoms with Gasteiger partial charge >= 0.3 is 0 Å². The smallest absolute Gasteiger partial charge is 0.256 e. The predicted molar refractivity (Wildman–Crippen MR) is 101 cm³/mol. The van der Waals surface area contributed by atoms with Crippen LogP contribution in [-0.2, 0) is 4.79 Å². The van der Waals surface area contributed by atoms with E-state index in [1.807, 2.05) is 4.90 Å². The zero-order chi connectivity index (χ0) is 19.2. The average molecular weight is 376 g/mol. The average Bonchev–Trinajstić information content (AvgIpc) is 2.72. The Morgan fingerprint density at radius 1 is 1.07 bits per heavy atom. The Morgan fingerprint density at radius 2 is 1.74 bits per heavy atom. The van der Waals surface area contributed by atoms with Gasteiger partial charge in [-0.15, -0.1) is 0 Å². The van der Waals surface area contributed by atoms with E-state index in [0.717, 1.165) is 6.42 Å². The van der Waals surface area contributed by atoms with E-state index in [9.17, 15) is 14.0 Å². The van der Waals surface area contributed by atoms with Crippen molar-refractivity contribution < 1.29 is 18.7 Å². The molecule has 1 aromatic carbocycles. The van der Waals surface area contributed by atoms with Crippen molar-refractivity contribution in [3.8, 4) is 5.75 Å². The van der Waals surface area contributed by atoms with Crippen molar-refractivity contribution in [2.75, 3.05) is 33.3 Å². The number of carbonyl (C=O) groups is 2. The van der Waals surface area contributed by atoms with Crippen molar-refractivity contribution in [3.63, 3.8) is 0 Å². The summed E-state index contributed by atoms with van der Waals surface area (Å²) in [5.74, 6) is 0.360. The first-order chi connectivity index (χ1) is 13.1. The summed E-state index contributed by atoms with van der Waals surface area (Å²) >= 11 is 0. The Kier molecular flexibility index (Phi) is 6.69. The van der Waals surface area contributed by atoms with Crippen molar-refractivity contribution in [1.82, 2.24) is 9.80 Å². The number of benzene rings is 1. The molecule has 1 heterocycles. The van der Waals surface area contributed by atoms with E-state index < -0.39 is 5.82 Å². The summed E-state index contributed by atoms with van der Waals surface area (Å²) in [6.45, 7) is 1.93. The summed E-state index contributed by atoms with van der Waals surface area (Å²) in [6.07, 6.45) is 8.01. The number of hydrogen-bond acceptors (Lipinski definition) is 3. The standard InChI is InChI=1S/C21H29FN2O3/c1-27-17-8-9-18(19(22)15-17)21(26)24-13-11-23(12-14-24)20(25)10-7-16-5-3-2-4-6-16/h8-9,15-16H,2-7,10-14H2,1H3. The Bertz CT molecular complexity index is 665. The van der Waals surface area contributed by atoms with E-state index in [-0.39, 0.29) is 17.4 Å². The summed E-state index contributed by atoms with van der Waals surface area (Å²) in [7, 11) is 1.46. The maximum Gasteiger partial charge on any atom is 0.256 e. The van der Waals surface area contributed by atoms with Crippen LogP contribution in [0.15, 0.2) is 18.2 Å². The molecule has 0 spiro atoms. The predicted octanol–water partition coefficient (Wildman–Crippen LogP) is 3.48. The molecule has 0 unspecified atom stereocenters. The number of amides is 2. The number of rotatable bonds is 5. The minimum absolute atomic E-state index is 0.0490. The van der Waals surface area contributed by atoms with Crippen LogP contribution in [0.5, 0.6) is 5.75 Å². The molecule has 0 atom stereocenters. The molecule has 1 aromatic rings. The maximum absolute atomic E-state index is 14.1. The molecular weight excluding hydrogens is 347 g/mol. The van der Waals surface area contributed by atoms with Gasteiger partial charge in [-0.1, -0.05) is 32.1 Å². The maximum atomic E-state index is 14.1. The molecule has 3 rings (SSSR count). The first-order valence-corrected chi connectivity index (χ1v) is 9.99. The summed E-state index contributed by atoms with van der Waals surface area (Å²) in [5.41, 5.74) is 0.0490. The number of ether oxygens (including phenoxy) is 1. The Hall–Kier alpha value is -2.11.